The van der Waals surface area contributed by atoms with Gasteiger partial charge in [0.2, 0.25) is 0 Å². The third kappa shape index (κ3) is 2.25. The number of benzene rings is 1. The largest absolute Gasteiger partial charge is 0.356 e. The average molecular weight is 252 g/mol. The van der Waals surface area contributed by atoms with Gasteiger partial charge in [-0.15, -0.1) is 0 Å². The van der Waals surface area contributed by atoms with E-state index in [-0.39, 0.29) is 0 Å². The minimum atomic E-state index is 0.298. The lowest BCUT2D eigenvalue weighted by Gasteiger charge is -2.31. The number of nitrogens with zero attached hydrogens (tertiary/aromatic N) is 3. The summed E-state index contributed by atoms with van der Waals surface area (Å²) in [5.74, 6) is 0.891. The third-order valence-corrected chi connectivity index (χ3v) is 3.69. The molecule has 0 spiro atoms. The van der Waals surface area contributed by atoms with Crippen LogP contribution in [0.3, 0.4) is 0 Å². The molecule has 1 saturated heterocycles. The molecule has 0 atom stereocenters. The van der Waals surface area contributed by atoms with Crippen LogP contribution in [0.1, 0.15) is 18.4 Å². The summed E-state index contributed by atoms with van der Waals surface area (Å²) in [5, 5.41) is 10.2. The molecule has 19 heavy (non-hydrogen) atoms. The normalized spacial score (nSPS) is 16.5. The fourth-order valence-corrected chi connectivity index (χ4v) is 2.54. The standard InChI is InChI=1S/C15H16N4/c16-10-11-9-15(19-7-5-12(17)6-8-19)18-14-4-2-1-3-13(11)14/h1-4,9,12H,5-8,17H2. The topological polar surface area (TPSA) is 65.9 Å². The number of para-hydroxylation sites is 1. The molecule has 96 valence electrons. The van der Waals surface area contributed by atoms with E-state index in [4.69, 9.17) is 5.73 Å². The number of nitriles is 1. The Bertz CT molecular complexity index is 636. The molecule has 1 aromatic carbocycles. The van der Waals surface area contributed by atoms with Gasteiger partial charge in [-0.05, 0) is 25.0 Å². The average Bonchev–Trinajstić information content (AvgIpc) is 2.47. The van der Waals surface area contributed by atoms with E-state index in [1.54, 1.807) is 0 Å². The fraction of sp³-hybridized carbons (Fsp3) is 0.333. The van der Waals surface area contributed by atoms with E-state index >= 15 is 0 Å². The number of fused-ring (bicyclic) bond motifs is 1. The van der Waals surface area contributed by atoms with Gasteiger partial charge in [0.1, 0.15) is 5.82 Å². The molecule has 2 N–H and O–H groups in total. The summed E-state index contributed by atoms with van der Waals surface area (Å²) in [6.07, 6.45) is 1.97. The highest BCUT2D eigenvalue weighted by Crippen LogP contribution is 2.24. The molecule has 2 heterocycles. The first-order valence-electron chi connectivity index (χ1n) is 6.58. The monoisotopic (exact) mass is 252 g/mol. The first kappa shape index (κ1) is 11.9. The Kier molecular flexibility index (Phi) is 3.06. The van der Waals surface area contributed by atoms with Crippen LogP contribution in [0.5, 0.6) is 0 Å². The van der Waals surface area contributed by atoms with Crippen molar-refractivity contribution in [2.24, 2.45) is 5.73 Å². The zero-order chi connectivity index (χ0) is 13.2. The SMILES string of the molecule is N#Cc1cc(N2CCC(N)CC2)nc2ccccc12. The molecule has 2 aromatic rings. The Balaban J connectivity index is 2.03. The van der Waals surface area contributed by atoms with Crippen molar-refractivity contribution in [1.82, 2.24) is 4.98 Å². The minimum Gasteiger partial charge on any atom is -0.356 e. The number of hydrogen-bond donors (Lipinski definition) is 1. The molecule has 0 saturated carbocycles. The number of aromatic nitrogens is 1. The van der Waals surface area contributed by atoms with Crippen molar-refractivity contribution in [1.29, 1.82) is 5.26 Å². The summed E-state index contributed by atoms with van der Waals surface area (Å²) < 4.78 is 0. The van der Waals surface area contributed by atoms with Crippen LogP contribution in [0.4, 0.5) is 5.82 Å². The summed E-state index contributed by atoms with van der Waals surface area (Å²) in [5.41, 5.74) is 7.49. The van der Waals surface area contributed by atoms with Crippen LogP contribution in [-0.4, -0.2) is 24.1 Å². The van der Waals surface area contributed by atoms with Crippen LogP contribution in [0, 0.1) is 11.3 Å². The predicted octanol–water partition coefficient (Wildman–Crippen LogP) is 2.03. The molecule has 1 fully saturated rings. The zero-order valence-corrected chi connectivity index (χ0v) is 10.7. The van der Waals surface area contributed by atoms with Crippen LogP contribution >= 0.6 is 0 Å². The van der Waals surface area contributed by atoms with Gasteiger partial charge in [0.05, 0.1) is 17.1 Å². The number of nitrogens with two attached hydrogens (primary N) is 1. The van der Waals surface area contributed by atoms with Gasteiger partial charge in [0.25, 0.3) is 0 Å². The van der Waals surface area contributed by atoms with Gasteiger partial charge < -0.3 is 10.6 Å². The van der Waals surface area contributed by atoms with E-state index in [0.717, 1.165) is 42.7 Å². The highest BCUT2D eigenvalue weighted by atomic mass is 15.2. The Morgan fingerprint density at radius 3 is 2.74 bits per heavy atom. The van der Waals surface area contributed by atoms with E-state index in [9.17, 15) is 5.26 Å². The molecule has 0 bridgehead atoms. The Morgan fingerprint density at radius 1 is 1.26 bits per heavy atom. The van der Waals surface area contributed by atoms with Gasteiger partial charge in [0, 0.05) is 24.5 Å². The van der Waals surface area contributed by atoms with Crippen LogP contribution in [0.25, 0.3) is 10.9 Å². The second-order valence-corrected chi connectivity index (χ2v) is 4.98. The zero-order valence-electron chi connectivity index (χ0n) is 10.7. The van der Waals surface area contributed by atoms with Gasteiger partial charge in [-0.1, -0.05) is 18.2 Å². The molecule has 0 unspecified atom stereocenters. The van der Waals surface area contributed by atoms with Gasteiger partial charge in [-0.25, -0.2) is 4.98 Å². The number of pyridine rings is 1. The van der Waals surface area contributed by atoms with E-state index in [1.807, 2.05) is 30.3 Å². The smallest absolute Gasteiger partial charge is 0.130 e. The number of hydrogen-bond acceptors (Lipinski definition) is 4. The summed E-state index contributed by atoms with van der Waals surface area (Å²) in [4.78, 5) is 6.89. The lowest BCUT2D eigenvalue weighted by atomic mass is 10.1. The van der Waals surface area contributed by atoms with E-state index < -0.39 is 0 Å². The highest BCUT2D eigenvalue weighted by Gasteiger charge is 2.18. The maximum Gasteiger partial charge on any atom is 0.130 e. The quantitative estimate of drug-likeness (QED) is 0.843. The second-order valence-electron chi connectivity index (χ2n) is 4.98. The van der Waals surface area contributed by atoms with Crippen molar-refractivity contribution >= 4 is 16.7 Å². The summed E-state index contributed by atoms with van der Waals surface area (Å²) in [6, 6.07) is 12.2. The van der Waals surface area contributed by atoms with Crippen LogP contribution in [0.2, 0.25) is 0 Å². The van der Waals surface area contributed by atoms with Gasteiger partial charge in [0.15, 0.2) is 0 Å². The molecule has 1 aromatic heterocycles. The molecule has 1 aliphatic rings. The van der Waals surface area contributed by atoms with E-state index in [2.05, 4.69) is 16.0 Å². The number of anilines is 1. The lowest BCUT2D eigenvalue weighted by Crippen LogP contribution is -2.40. The minimum absolute atomic E-state index is 0.298. The molecule has 4 heteroatoms. The van der Waals surface area contributed by atoms with Crippen molar-refractivity contribution in [3.8, 4) is 6.07 Å². The third-order valence-electron chi connectivity index (χ3n) is 3.69. The van der Waals surface area contributed by atoms with E-state index in [1.165, 1.54) is 0 Å². The van der Waals surface area contributed by atoms with Crippen LogP contribution < -0.4 is 10.6 Å². The summed E-state index contributed by atoms with van der Waals surface area (Å²) in [6.45, 7) is 1.83. The van der Waals surface area contributed by atoms with Crippen molar-refractivity contribution in [3.63, 3.8) is 0 Å². The van der Waals surface area contributed by atoms with Crippen LogP contribution in [-0.2, 0) is 0 Å². The second kappa shape index (κ2) is 4.87. The molecule has 0 amide bonds. The van der Waals surface area contributed by atoms with E-state index in [0.29, 0.717) is 11.6 Å². The summed E-state index contributed by atoms with van der Waals surface area (Å²) in [7, 11) is 0. The first-order valence-corrected chi connectivity index (χ1v) is 6.58. The Morgan fingerprint density at radius 2 is 2.00 bits per heavy atom. The maximum absolute atomic E-state index is 9.28. The molecule has 0 radical (unpaired) electrons. The highest BCUT2D eigenvalue weighted by molar-refractivity contribution is 5.86. The number of rotatable bonds is 1. The molecule has 4 nitrogen and oxygen atoms in total. The van der Waals surface area contributed by atoms with Crippen LogP contribution in [0.15, 0.2) is 30.3 Å². The molecule has 0 aliphatic carbocycles. The fourth-order valence-electron chi connectivity index (χ4n) is 2.54. The molecular weight excluding hydrogens is 236 g/mol. The lowest BCUT2D eigenvalue weighted by molar-refractivity contribution is 0.499. The maximum atomic E-state index is 9.28. The first-order chi connectivity index (χ1) is 9.28. The Hall–Kier alpha value is -2.12. The van der Waals surface area contributed by atoms with Crippen molar-refractivity contribution in [3.05, 3.63) is 35.9 Å². The van der Waals surface area contributed by atoms with Gasteiger partial charge in [-0.2, -0.15) is 5.26 Å². The van der Waals surface area contributed by atoms with Crippen molar-refractivity contribution < 1.29 is 0 Å². The van der Waals surface area contributed by atoms with Gasteiger partial charge in [-0.3, -0.25) is 0 Å². The summed E-state index contributed by atoms with van der Waals surface area (Å²) >= 11 is 0. The Labute approximate surface area is 112 Å². The number of piperidine rings is 1. The molecular formula is C15H16N4. The molecule has 1 aliphatic heterocycles. The molecule has 3 rings (SSSR count). The van der Waals surface area contributed by atoms with Crippen molar-refractivity contribution in [2.45, 2.75) is 18.9 Å². The van der Waals surface area contributed by atoms with Crippen molar-refractivity contribution in [2.75, 3.05) is 18.0 Å². The predicted molar refractivity (Wildman–Crippen MR) is 75.9 cm³/mol. The van der Waals surface area contributed by atoms with Gasteiger partial charge >= 0.3 is 0 Å².